The molecular formula is C39H50O5. The molecule has 236 valence electrons. The number of hydrogen-bond donors (Lipinski definition) is 0. The van der Waals surface area contributed by atoms with Gasteiger partial charge in [0.25, 0.3) is 0 Å². The molecule has 3 aliphatic rings. The van der Waals surface area contributed by atoms with Crippen molar-refractivity contribution >= 4 is 23.4 Å². The zero-order chi connectivity index (χ0) is 31.3. The zero-order valence-electron chi connectivity index (χ0n) is 27.0. The molecule has 0 radical (unpaired) electrons. The number of ketones is 2. The van der Waals surface area contributed by atoms with Crippen molar-refractivity contribution in [2.45, 2.75) is 97.3 Å². The SMILES string of the molecule is C=C(C)C(=O)C1CCC1.CCCCCCCOc1ccc(C(Oc2ccc(/C=C/C(=O)C3CC3)cc2OC)=C2CCC2)cc1. The molecule has 0 spiro atoms. The number of benzene rings is 2. The summed E-state index contributed by atoms with van der Waals surface area (Å²) >= 11 is 0. The number of hydrogen-bond acceptors (Lipinski definition) is 5. The molecule has 0 saturated heterocycles. The first-order chi connectivity index (χ1) is 21.4. The van der Waals surface area contributed by atoms with Crippen LogP contribution < -0.4 is 14.2 Å². The largest absolute Gasteiger partial charge is 0.494 e. The average molecular weight is 599 g/mol. The quantitative estimate of drug-likeness (QED) is 0.109. The predicted octanol–water partition coefficient (Wildman–Crippen LogP) is 9.94. The summed E-state index contributed by atoms with van der Waals surface area (Å²) in [4.78, 5) is 23.0. The molecular weight excluding hydrogens is 548 g/mol. The van der Waals surface area contributed by atoms with Gasteiger partial charge < -0.3 is 14.2 Å². The highest BCUT2D eigenvalue weighted by atomic mass is 16.5. The van der Waals surface area contributed by atoms with Crippen LogP contribution in [0.4, 0.5) is 0 Å². The summed E-state index contributed by atoms with van der Waals surface area (Å²) < 4.78 is 18.0. The predicted molar refractivity (Wildman–Crippen MR) is 179 cm³/mol. The van der Waals surface area contributed by atoms with Crippen LogP contribution in [0.3, 0.4) is 0 Å². The molecule has 0 N–H and O–H groups in total. The van der Waals surface area contributed by atoms with E-state index >= 15 is 0 Å². The third kappa shape index (κ3) is 9.97. The number of ether oxygens (including phenoxy) is 3. The number of allylic oxidation sites excluding steroid dienone is 3. The summed E-state index contributed by atoms with van der Waals surface area (Å²) in [5.41, 5.74) is 4.03. The maximum atomic E-state index is 12.0. The van der Waals surface area contributed by atoms with E-state index in [0.29, 0.717) is 17.4 Å². The van der Waals surface area contributed by atoms with E-state index < -0.39 is 0 Å². The van der Waals surface area contributed by atoms with Crippen LogP contribution >= 0.6 is 0 Å². The number of Topliss-reactive ketones (excluding diaryl/α,β-unsaturated/α-hetero) is 1. The third-order valence-electron chi connectivity index (χ3n) is 8.63. The molecule has 3 fully saturated rings. The molecule has 0 heterocycles. The van der Waals surface area contributed by atoms with Crippen molar-refractivity contribution < 1.29 is 23.8 Å². The van der Waals surface area contributed by atoms with Gasteiger partial charge in [0.05, 0.1) is 13.7 Å². The van der Waals surface area contributed by atoms with Gasteiger partial charge in [-0.15, -0.1) is 0 Å². The van der Waals surface area contributed by atoms with Crippen molar-refractivity contribution in [2.75, 3.05) is 13.7 Å². The molecule has 2 aromatic rings. The molecule has 44 heavy (non-hydrogen) atoms. The summed E-state index contributed by atoms with van der Waals surface area (Å²) in [6.07, 6.45) is 18.5. The van der Waals surface area contributed by atoms with E-state index in [1.54, 1.807) is 20.1 Å². The van der Waals surface area contributed by atoms with E-state index in [-0.39, 0.29) is 17.5 Å². The van der Waals surface area contributed by atoms with Crippen LogP contribution in [0.15, 0.2) is 66.3 Å². The molecule has 5 heteroatoms. The van der Waals surface area contributed by atoms with Gasteiger partial charge in [0.1, 0.15) is 11.5 Å². The van der Waals surface area contributed by atoms with Crippen LogP contribution in [0.1, 0.15) is 108 Å². The third-order valence-corrected chi connectivity index (χ3v) is 8.63. The smallest absolute Gasteiger partial charge is 0.169 e. The Labute approximate surface area is 264 Å². The molecule has 0 aliphatic heterocycles. The minimum Gasteiger partial charge on any atom is -0.494 e. The summed E-state index contributed by atoms with van der Waals surface area (Å²) in [6, 6.07) is 14.1. The van der Waals surface area contributed by atoms with Gasteiger partial charge in [-0.1, -0.05) is 57.7 Å². The molecule has 5 nitrogen and oxygen atoms in total. The van der Waals surface area contributed by atoms with Crippen LogP contribution in [0.5, 0.6) is 17.2 Å². The Bertz CT molecular complexity index is 1320. The first kappa shape index (κ1) is 33.3. The molecule has 3 aliphatic carbocycles. The van der Waals surface area contributed by atoms with Gasteiger partial charge in [-0.25, -0.2) is 0 Å². The molecule has 0 atom stereocenters. The van der Waals surface area contributed by atoms with Gasteiger partial charge >= 0.3 is 0 Å². The van der Waals surface area contributed by atoms with E-state index in [1.807, 2.05) is 36.4 Å². The first-order valence-electron chi connectivity index (χ1n) is 16.6. The van der Waals surface area contributed by atoms with Gasteiger partial charge in [0.15, 0.2) is 23.1 Å². The van der Waals surface area contributed by atoms with Crippen LogP contribution in [-0.4, -0.2) is 25.3 Å². The molecule has 0 unspecified atom stereocenters. The Balaban J connectivity index is 0.000000421. The van der Waals surface area contributed by atoms with Gasteiger partial charge in [-0.05, 0) is 117 Å². The lowest BCUT2D eigenvalue weighted by molar-refractivity contribution is -0.121. The molecule has 0 bridgehead atoms. The first-order valence-corrected chi connectivity index (χ1v) is 16.6. The lowest BCUT2D eigenvalue weighted by atomic mass is 9.80. The number of carbonyl (C=O) groups is 2. The second-order valence-corrected chi connectivity index (χ2v) is 12.4. The van der Waals surface area contributed by atoms with Gasteiger partial charge in [-0.3, -0.25) is 9.59 Å². The van der Waals surface area contributed by atoms with Crippen molar-refractivity contribution in [3.8, 4) is 17.2 Å². The minimum atomic E-state index is 0.213. The van der Waals surface area contributed by atoms with Gasteiger partial charge in [0.2, 0.25) is 0 Å². The Kier molecular flexibility index (Phi) is 12.9. The van der Waals surface area contributed by atoms with Crippen molar-refractivity contribution in [1.82, 2.24) is 0 Å². The molecule has 0 amide bonds. The highest BCUT2D eigenvalue weighted by Crippen LogP contribution is 2.39. The number of methoxy groups -OCH3 is 1. The maximum Gasteiger partial charge on any atom is 0.169 e. The Morgan fingerprint density at radius 3 is 2.16 bits per heavy atom. The molecule has 2 aromatic carbocycles. The van der Waals surface area contributed by atoms with Crippen LogP contribution in [-0.2, 0) is 9.59 Å². The maximum absolute atomic E-state index is 12.0. The zero-order valence-corrected chi connectivity index (χ0v) is 27.0. The number of rotatable bonds is 16. The fraction of sp³-hybridized carbons (Fsp3) is 0.487. The lowest BCUT2D eigenvalue weighted by Crippen LogP contribution is -2.21. The highest BCUT2D eigenvalue weighted by molar-refractivity contribution is 5.97. The average Bonchev–Trinajstić information content (AvgIpc) is 3.82. The van der Waals surface area contributed by atoms with Crippen molar-refractivity contribution in [3.63, 3.8) is 0 Å². The standard InChI is InChI=1S/C31H38O4.C8H12O/c1-3-4-5-6-7-21-34-27-17-15-26(16-18-27)31(25-9-8-10-25)35-29-20-12-23(22-30(29)33-2)11-19-28(32)24-13-14-24;1-6(2)8(9)7-4-3-5-7/h11-12,15-20,22,24H,3-10,13-14,21H2,1-2H3;7H,1,3-5H2,2H3/b19-11+;. The summed E-state index contributed by atoms with van der Waals surface area (Å²) in [5, 5.41) is 0. The fourth-order valence-corrected chi connectivity index (χ4v) is 5.20. The van der Waals surface area contributed by atoms with Crippen molar-refractivity contribution in [3.05, 3.63) is 77.4 Å². The minimum absolute atomic E-state index is 0.213. The Hall–Kier alpha value is -3.60. The normalized spacial score (nSPS) is 15.8. The monoisotopic (exact) mass is 598 g/mol. The summed E-state index contributed by atoms with van der Waals surface area (Å²) in [6.45, 7) is 8.40. The summed E-state index contributed by atoms with van der Waals surface area (Å²) in [7, 11) is 1.65. The second kappa shape index (κ2) is 17.0. The summed E-state index contributed by atoms with van der Waals surface area (Å²) in [5.74, 6) is 4.21. The fourth-order valence-electron chi connectivity index (χ4n) is 5.20. The second-order valence-electron chi connectivity index (χ2n) is 12.4. The Morgan fingerprint density at radius 2 is 1.61 bits per heavy atom. The van der Waals surface area contributed by atoms with E-state index in [1.165, 1.54) is 44.1 Å². The molecule has 3 saturated carbocycles. The van der Waals surface area contributed by atoms with Crippen LogP contribution in [0.2, 0.25) is 0 Å². The van der Waals surface area contributed by atoms with E-state index in [4.69, 9.17) is 14.2 Å². The highest BCUT2D eigenvalue weighted by Gasteiger charge is 2.27. The number of carbonyl (C=O) groups excluding carboxylic acids is 2. The Morgan fingerprint density at radius 1 is 0.886 bits per heavy atom. The van der Waals surface area contributed by atoms with E-state index in [9.17, 15) is 9.59 Å². The van der Waals surface area contributed by atoms with E-state index in [2.05, 4.69) is 25.6 Å². The molecule has 0 aromatic heterocycles. The van der Waals surface area contributed by atoms with E-state index in [0.717, 1.165) is 79.8 Å². The molecule has 5 rings (SSSR count). The van der Waals surface area contributed by atoms with Gasteiger partial charge in [0, 0.05) is 17.4 Å². The van der Waals surface area contributed by atoms with Gasteiger partial charge in [-0.2, -0.15) is 0 Å². The van der Waals surface area contributed by atoms with Crippen LogP contribution in [0.25, 0.3) is 11.8 Å². The van der Waals surface area contributed by atoms with Crippen molar-refractivity contribution in [2.24, 2.45) is 11.8 Å². The lowest BCUT2D eigenvalue weighted by Gasteiger charge is -2.23. The van der Waals surface area contributed by atoms with Crippen LogP contribution in [0, 0.1) is 11.8 Å². The topological polar surface area (TPSA) is 61.8 Å². The van der Waals surface area contributed by atoms with Crippen molar-refractivity contribution in [1.29, 1.82) is 0 Å². The number of unbranched alkanes of at least 4 members (excludes halogenated alkanes) is 4.